The molecule has 0 atom stereocenters. The summed E-state index contributed by atoms with van der Waals surface area (Å²) in [5, 5.41) is 7.37. The zero-order chi connectivity index (χ0) is 14.4. The van der Waals surface area contributed by atoms with Crippen molar-refractivity contribution in [1.82, 2.24) is 20.0 Å². The number of thiophene rings is 1. The molecule has 20 heavy (non-hydrogen) atoms. The lowest BCUT2D eigenvalue weighted by atomic mass is 10.2. The van der Waals surface area contributed by atoms with E-state index in [2.05, 4.69) is 10.4 Å². The maximum absolute atomic E-state index is 12.4. The monoisotopic (exact) mass is 292 g/mol. The molecule has 1 aliphatic rings. The summed E-state index contributed by atoms with van der Waals surface area (Å²) in [6.07, 6.45) is 0. The average Bonchev–Trinajstić information content (AvgIpc) is 2.90. The molecule has 7 nitrogen and oxygen atoms in total. The van der Waals surface area contributed by atoms with Crippen molar-refractivity contribution in [3.8, 4) is 0 Å². The molecule has 0 spiro atoms. The first-order valence-corrected chi connectivity index (χ1v) is 6.82. The fraction of sp³-hybridized carbons (Fsp3) is 0.333. The smallest absolute Gasteiger partial charge is 0.264 e. The van der Waals surface area contributed by atoms with E-state index in [9.17, 15) is 14.4 Å². The zero-order valence-corrected chi connectivity index (χ0v) is 11.8. The molecule has 3 amide bonds. The molecule has 0 aromatic carbocycles. The number of amides is 3. The van der Waals surface area contributed by atoms with Gasteiger partial charge in [-0.25, -0.2) is 0 Å². The van der Waals surface area contributed by atoms with Crippen molar-refractivity contribution < 1.29 is 14.4 Å². The van der Waals surface area contributed by atoms with Gasteiger partial charge in [0.05, 0.1) is 10.6 Å². The molecule has 0 saturated carbocycles. The predicted octanol–water partition coefficient (Wildman–Crippen LogP) is 0.0418. The van der Waals surface area contributed by atoms with Crippen molar-refractivity contribution in [2.75, 3.05) is 13.1 Å². The van der Waals surface area contributed by atoms with Gasteiger partial charge in [0, 0.05) is 12.4 Å². The Morgan fingerprint density at radius 2 is 2.00 bits per heavy atom. The molecular formula is C12H12N4O3S. The second-order valence-electron chi connectivity index (χ2n) is 4.67. The van der Waals surface area contributed by atoms with Gasteiger partial charge in [-0.2, -0.15) is 5.10 Å². The van der Waals surface area contributed by atoms with E-state index < -0.39 is 11.8 Å². The number of rotatable bonds is 1. The Balaban J connectivity index is 1.94. The highest BCUT2D eigenvalue weighted by Gasteiger charge is 2.28. The van der Waals surface area contributed by atoms with Crippen LogP contribution in [-0.2, 0) is 16.6 Å². The second-order valence-corrected chi connectivity index (χ2v) is 5.70. The summed E-state index contributed by atoms with van der Waals surface area (Å²) in [4.78, 5) is 37.7. The Labute approximate surface area is 118 Å². The van der Waals surface area contributed by atoms with Crippen LogP contribution in [0, 0.1) is 6.92 Å². The first-order valence-electron chi connectivity index (χ1n) is 6.01. The number of aryl methyl sites for hydroxylation is 2. The molecule has 2 aromatic rings. The maximum Gasteiger partial charge on any atom is 0.264 e. The van der Waals surface area contributed by atoms with Crippen LogP contribution in [0.1, 0.15) is 15.4 Å². The highest BCUT2D eigenvalue weighted by atomic mass is 32.1. The lowest BCUT2D eigenvalue weighted by molar-refractivity contribution is -0.135. The molecular weight excluding hydrogens is 280 g/mol. The molecule has 104 valence electrons. The van der Waals surface area contributed by atoms with Crippen LogP contribution in [0.5, 0.6) is 0 Å². The van der Waals surface area contributed by atoms with Crippen molar-refractivity contribution in [2.45, 2.75) is 6.92 Å². The van der Waals surface area contributed by atoms with Crippen LogP contribution in [0.2, 0.25) is 0 Å². The molecule has 2 aromatic heterocycles. The van der Waals surface area contributed by atoms with E-state index in [1.807, 2.05) is 14.0 Å². The standard InChI is InChI=1S/C12H12N4O3S/c1-6-7-3-8(20-12(7)15(2)14-6)11(19)16-4-9(17)13-10(18)5-16/h3H,4-5H2,1-2H3,(H,13,17,18). The van der Waals surface area contributed by atoms with Crippen molar-refractivity contribution in [3.63, 3.8) is 0 Å². The molecule has 1 N–H and O–H groups in total. The minimum absolute atomic E-state index is 0.0873. The third kappa shape index (κ3) is 1.97. The number of carbonyl (C=O) groups excluding carboxylic acids is 3. The van der Waals surface area contributed by atoms with E-state index in [4.69, 9.17) is 0 Å². The Hall–Kier alpha value is -2.22. The van der Waals surface area contributed by atoms with Crippen molar-refractivity contribution in [1.29, 1.82) is 0 Å². The summed E-state index contributed by atoms with van der Waals surface area (Å²) in [6, 6.07) is 1.77. The van der Waals surface area contributed by atoms with Gasteiger partial charge in [-0.3, -0.25) is 24.4 Å². The average molecular weight is 292 g/mol. The molecule has 3 rings (SSSR count). The molecule has 1 saturated heterocycles. The Morgan fingerprint density at radius 1 is 1.35 bits per heavy atom. The first kappa shape index (κ1) is 12.8. The molecule has 0 bridgehead atoms. The van der Waals surface area contributed by atoms with E-state index in [0.29, 0.717) is 4.88 Å². The van der Waals surface area contributed by atoms with Crippen molar-refractivity contribution in [2.24, 2.45) is 7.05 Å². The summed E-state index contributed by atoms with van der Waals surface area (Å²) >= 11 is 1.32. The maximum atomic E-state index is 12.4. The first-order chi connectivity index (χ1) is 9.45. The summed E-state index contributed by atoms with van der Waals surface area (Å²) in [5.74, 6) is -1.20. The zero-order valence-electron chi connectivity index (χ0n) is 11.0. The van der Waals surface area contributed by atoms with Crippen molar-refractivity contribution >= 4 is 39.3 Å². The lowest BCUT2D eigenvalue weighted by Crippen LogP contribution is -2.53. The SMILES string of the molecule is Cc1nn(C)c2sc(C(=O)N3CC(=O)NC(=O)C3)cc12. The molecule has 0 aliphatic carbocycles. The fourth-order valence-electron chi connectivity index (χ4n) is 2.25. The third-order valence-electron chi connectivity index (χ3n) is 3.14. The molecule has 0 unspecified atom stereocenters. The number of hydrogen-bond acceptors (Lipinski definition) is 5. The van der Waals surface area contributed by atoms with Crippen LogP contribution in [0.25, 0.3) is 10.2 Å². The van der Waals surface area contributed by atoms with Gasteiger partial charge >= 0.3 is 0 Å². The summed E-state index contributed by atoms with van der Waals surface area (Å²) in [5.41, 5.74) is 0.852. The van der Waals surface area contributed by atoms with E-state index in [-0.39, 0.29) is 19.0 Å². The van der Waals surface area contributed by atoms with Gasteiger partial charge in [-0.05, 0) is 13.0 Å². The van der Waals surface area contributed by atoms with Gasteiger partial charge in [0.2, 0.25) is 11.8 Å². The van der Waals surface area contributed by atoms with Crippen LogP contribution in [0.4, 0.5) is 0 Å². The molecule has 8 heteroatoms. The Morgan fingerprint density at radius 3 is 2.60 bits per heavy atom. The summed E-state index contributed by atoms with van der Waals surface area (Å²) < 4.78 is 1.72. The van der Waals surface area contributed by atoms with Gasteiger partial charge in [0.1, 0.15) is 17.9 Å². The van der Waals surface area contributed by atoms with Gasteiger partial charge in [0.15, 0.2) is 0 Å². The number of imide groups is 1. The van der Waals surface area contributed by atoms with E-state index >= 15 is 0 Å². The van der Waals surface area contributed by atoms with Gasteiger partial charge in [-0.15, -0.1) is 11.3 Å². The fourth-order valence-corrected chi connectivity index (χ4v) is 3.34. The minimum Gasteiger partial charge on any atom is -0.319 e. The minimum atomic E-state index is -0.450. The Kier molecular flexibility index (Phi) is 2.82. The van der Waals surface area contributed by atoms with Gasteiger partial charge in [0.25, 0.3) is 5.91 Å². The number of fused-ring (bicyclic) bond motifs is 1. The molecule has 1 aliphatic heterocycles. The van der Waals surface area contributed by atoms with Crippen LogP contribution >= 0.6 is 11.3 Å². The van der Waals surface area contributed by atoms with E-state index in [1.54, 1.807) is 10.7 Å². The largest absolute Gasteiger partial charge is 0.319 e. The number of nitrogens with zero attached hydrogens (tertiary/aromatic N) is 3. The van der Waals surface area contributed by atoms with Crippen LogP contribution < -0.4 is 5.32 Å². The topological polar surface area (TPSA) is 84.3 Å². The normalized spacial score (nSPS) is 15.8. The number of aromatic nitrogens is 2. The highest BCUT2D eigenvalue weighted by molar-refractivity contribution is 7.20. The Bertz CT molecular complexity index is 695. The van der Waals surface area contributed by atoms with E-state index in [0.717, 1.165) is 15.9 Å². The van der Waals surface area contributed by atoms with Crippen LogP contribution in [0.3, 0.4) is 0 Å². The van der Waals surface area contributed by atoms with E-state index in [1.165, 1.54) is 16.2 Å². The number of hydrogen-bond donors (Lipinski definition) is 1. The second kappa shape index (κ2) is 4.41. The molecule has 0 radical (unpaired) electrons. The lowest BCUT2D eigenvalue weighted by Gasteiger charge is -2.24. The molecule has 3 heterocycles. The van der Waals surface area contributed by atoms with Gasteiger partial charge in [-0.1, -0.05) is 0 Å². The number of nitrogens with one attached hydrogen (secondary N) is 1. The van der Waals surface area contributed by atoms with Gasteiger partial charge < -0.3 is 4.90 Å². The quantitative estimate of drug-likeness (QED) is 0.752. The summed E-state index contributed by atoms with van der Waals surface area (Å²) in [6.45, 7) is 1.70. The van der Waals surface area contributed by atoms with Crippen LogP contribution in [-0.4, -0.2) is 45.5 Å². The number of carbonyl (C=O) groups is 3. The third-order valence-corrected chi connectivity index (χ3v) is 4.33. The predicted molar refractivity (Wildman–Crippen MR) is 72.4 cm³/mol. The highest BCUT2D eigenvalue weighted by Crippen LogP contribution is 2.28. The molecule has 1 fully saturated rings. The van der Waals surface area contributed by atoms with Crippen molar-refractivity contribution in [3.05, 3.63) is 16.6 Å². The summed E-state index contributed by atoms with van der Waals surface area (Å²) in [7, 11) is 1.82. The number of piperazine rings is 1. The van der Waals surface area contributed by atoms with Crippen LogP contribution in [0.15, 0.2) is 6.07 Å².